The highest BCUT2D eigenvalue weighted by Gasteiger charge is 2.41. The summed E-state index contributed by atoms with van der Waals surface area (Å²) in [6.45, 7) is 6.38. The Kier molecular flexibility index (Phi) is 4.73. The van der Waals surface area contributed by atoms with Crippen LogP contribution < -0.4 is 0 Å². The van der Waals surface area contributed by atoms with E-state index in [0.29, 0.717) is 31.5 Å². The highest BCUT2D eigenvalue weighted by atomic mass is 79.9. The van der Waals surface area contributed by atoms with Crippen LogP contribution in [0.15, 0.2) is 0 Å². The normalized spacial score (nSPS) is 33.1. The van der Waals surface area contributed by atoms with Crippen molar-refractivity contribution in [1.82, 2.24) is 8.61 Å². The Morgan fingerprint density at radius 1 is 1.11 bits per heavy atom. The molecule has 2 saturated heterocycles. The summed E-state index contributed by atoms with van der Waals surface area (Å²) in [6, 6.07) is 0.120. The van der Waals surface area contributed by atoms with Gasteiger partial charge in [0.1, 0.15) is 0 Å². The molecule has 0 saturated carbocycles. The zero-order valence-electron chi connectivity index (χ0n) is 11.2. The van der Waals surface area contributed by atoms with Crippen molar-refractivity contribution in [3.05, 3.63) is 0 Å². The lowest BCUT2D eigenvalue weighted by molar-refractivity contribution is 0.259. The van der Waals surface area contributed by atoms with Crippen LogP contribution in [0, 0.1) is 11.8 Å². The fourth-order valence-corrected chi connectivity index (χ4v) is 5.96. The second kappa shape index (κ2) is 5.77. The number of halogens is 1. The predicted molar refractivity (Wildman–Crippen MR) is 77.0 cm³/mol. The van der Waals surface area contributed by atoms with E-state index in [4.69, 9.17) is 0 Å². The maximum absolute atomic E-state index is 12.6. The first-order valence-corrected chi connectivity index (χ1v) is 9.31. The first kappa shape index (κ1) is 14.8. The van der Waals surface area contributed by atoms with Gasteiger partial charge in [-0.25, -0.2) is 0 Å². The molecule has 4 nitrogen and oxygen atoms in total. The molecule has 2 unspecified atom stereocenters. The lowest BCUT2D eigenvalue weighted by Gasteiger charge is -2.34. The van der Waals surface area contributed by atoms with Crippen molar-refractivity contribution in [3.63, 3.8) is 0 Å². The van der Waals surface area contributed by atoms with Crippen molar-refractivity contribution < 1.29 is 8.42 Å². The van der Waals surface area contributed by atoms with Gasteiger partial charge in [0.15, 0.2) is 0 Å². The average molecular weight is 339 g/mol. The van der Waals surface area contributed by atoms with Crippen LogP contribution in [0.25, 0.3) is 0 Å². The number of rotatable bonds is 3. The number of hydrogen-bond acceptors (Lipinski definition) is 2. The Morgan fingerprint density at radius 2 is 1.72 bits per heavy atom. The SMILES string of the molecule is CC1CCN(S(=O)(=O)N2CCC(C)C2CBr)CC1. The summed E-state index contributed by atoms with van der Waals surface area (Å²) in [5, 5.41) is 0.734. The molecule has 0 spiro atoms. The molecule has 0 aromatic carbocycles. The Balaban J connectivity index is 2.11. The molecule has 2 atom stereocenters. The molecule has 2 heterocycles. The van der Waals surface area contributed by atoms with Gasteiger partial charge >= 0.3 is 0 Å². The molecule has 6 heteroatoms. The zero-order valence-corrected chi connectivity index (χ0v) is 13.6. The summed E-state index contributed by atoms with van der Waals surface area (Å²) in [6.07, 6.45) is 2.95. The third kappa shape index (κ3) is 2.76. The molecule has 0 amide bonds. The van der Waals surface area contributed by atoms with E-state index >= 15 is 0 Å². The van der Waals surface area contributed by atoms with E-state index in [1.165, 1.54) is 0 Å². The Labute approximate surface area is 119 Å². The summed E-state index contributed by atoms with van der Waals surface area (Å²) >= 11 is 3.46. The molecule has 0 bridgehead atoms. The minimum absolute atomic E-state index is 0.120. The first-order chi connectivity index (χ1) is 8.46. The molecular weight excluding hydrogens is 316 g/mol. The first-order valence-electron chi connectivity index (χ1n) is 6.79. The predicted octanol–water partition coefficient (Wildman–Crippen LogP) is 2.07. The van der Waals surface area contributed by atoms with Crippen LogP contribution in [0.2, 0.25) is 0 Å². The van der Waals surface area contributed by atoms with Gasteiger partial charge in [0, 0.05) is 31.0 Å². The van der Waals surface area contributed by atoms with E-state index in [1.807, 2.05) is 0 Å². The molecule has 2 fully saturated rings. The summed E-state index contributed by atoms with van der Waals surface area (Å²) in [5.74, 6) is 1.10. The van der Waals surface area contributed by atoms with Crippen LogP contribution in [-0.2, 0) is 10.2 Å². The molecule has 106 valence electrons. The van der Waals surface area contributed by atoms with Crippen molar-refractivity contribution >= 4 is 26.1 Å². The Morgan fingerprint density at radius 3 is 2.28 bits per heavy atom. The number of hydrogen-bond donors (Lipinski definition) is 0. The zero-order chi connectivity index (χ0) is 13.3. The molecule has 0 radical (unpaired) electrons. The van der Waals surface area contributed by atoms with Crippen LogP contribution in [0.4, 0.5) is 0 Å². The second-order valence-corrected chi connectivity index (χ2v) is 8.22. The fourth-order valence-electron chi connectivity index (χ4n) is 2.85. The largest absolute Gasteiger partial charge is 0.282 e. The van der Waals surface area contributed by atoms with E-state index in [9.17, 15) is 8.42 Å². The van der Waals surface area contributed by atoms with Gasteiger partial charge in [-0.3, -0.25) is 0 Å². The van der Waals surface area contributed by atoms with Gasteiger partial charge in [0.05, 0.1) is 0 Å². The number of nitrogens with zero attached hydrogens (tertiary/aromatic N) is 2. The molecular formula is C12H23BrN2O2S. The third-order valence-electron chi connectivity index (χ3n) is 4.35. The van der Waals surface area contributed by atoms with E-state index in [2.05, 4.69) is 29.8 Å². The molecule has 0 aromatic heterocycles. The summed E-state index contributed by atoms with van der Waals surface area (Å²) in [4.78, 5) is 0. The average Bonchev–Trinajstić information content (AvgIpc) is 2.71. The van der Waals surface area contributed by atoms with Crippen LogP contribution in [0.5, 0.6) is 0 Å². The molecule has 0 N–H and O–H groups in total. The van der Waals surface area contributed by atoms with Gasteiger partial charge in [-0.1, -0.05) is 29.8 Å². The van der Waals surface area contributed by atoms with Gasteiger partial charge in [-0.15, -0.1) is 0 Å². The topological polar surface area (TPSA) is 40.6 Å². The highest BCUT2D eigenvalue weighted by molar-refractivity contribution is 9.09. The quantitative estimate of drug-likeness (QED) is 0.739. The molecule has 0 aliphatic carbocycles. The number of piperidine rings is 1. The highest BCUT2D eigenvalue weighted by Crippen LogP contribution is 2.31. The van der Waals surface area contributed by atoms with Gasteiger partial charge in [0.2, 0.25) is 0 Å². The van der Waals surface area contributed by atoms with E-state index < -0.39 is 10.2 Å². The third-order valence-corrected chi connectivity index (χ3v) is 7.08. The van der Waals surface area contributed by atoms with E-state index in [0.717, 1.165) is 24.6 Å². The summed E-state index contributed by atoms with van der Waals surface area (Å²) in [7, 11) is -3.24. The van der Waals surface area contributed by atoms with E-state index in [-0.39, 0.29) is 6.04 Å². The van der Waals surface area contributed by atoms with Crippen molar-refractivity contribution in [3.8, 4) is 0 Å². The van der Waals surface area contributed by atoms with Gasteiger partial charge in [-0.05, 0) is 31.1 Å². The van der Waals surface area contributed by atoms with Gasteiger partial charge in [-0.2, -0.15) is 17.0 Å². The second-order valence-electron chi connectivity index (χ2n) is 5.69. The fraction of sp³-hybridized carbons (Fsp3) is 1.00. The standard InChI is InChI=1S/C12H23BrN2O2S/c1-10-3-6-14(7-4-10)18(16,17)15-8-5-11(2)12(15)9-13/h10-12H,3-9H2,1-2H3. The monoisotopic (exact) mass is 338 g/mol. The Hall–Kier alpha value is 0.350. The van der Waals surface area contributed by atoms with Crippen LogP contribution >= 0.6 is 15.9 Å². The lowest BCUT2D eigenvalue weighted by atomic mass is 10.0. The molecule has 18 heavy (non-hydrogen) atoms. The minimum atomic E-state index is -3.24. The smallest absolute Gasteiger partial charge is 0.195 e. The van der Waals surface area contributed by atoms with Gasteiger partial charge in [0.25, 0.3) is 10.2 Å². The van der Waals surface area contributed by atoms with Crippen molar-refractivity contribution in [1.29, 1.82) is 0 Å². The van der Waals surface area contributed by atoms with Gasteiger partial charge < -0.3 is 0 Å². The van der Waals surface area contributed by atoms with Crippen LogP contribution in [0.3, 0.4) is 0 Å². The summed E-state index contributed by atoms with van der Waals surface area (Å²) in [5.41, 5.74) is 0. The minimum Gasteiger partial charge on any atom is -0.195 e. The molecule has 2 rings (SSSR count). The van der Waals surface area contributed by atoms with Crippen molar-refractivity contribution in [2.75, 3.05) is 25.0 Å². The van der Waals surface area contributed by atoms with Crippen molar-refractivity contribution in [2.24, 2.45) is 11.8 Å². The maximum atomic E-state index is 12.6. The molecule has 2 aliphatic heterocycles. The number of alkyl halides is 1. The molecule has 2 aliphatic rings. The van der Waals surface area contributed by atoms with Crippen LogP contribution in [0.1, 0.15) is 33.1 Å². The maximum Gasteiger partial charge on any atom is 0.282 e. The van der Waals surface area contributed by atoms with Crippen LogP contribution in [-0.4, -0.2) is 48.0 Å². The Bertz CT molecular complexity index is 380. The lowest BCUT2D eigenvalue weighted by Crippen LogP contribution is -2.49. The van der Waals surface area contributed by atoms with Crippen molar-refractivity contribution in [2.45, 2.75) is 39.2 Å². The molecule has 0 aromatic rings. The summed E-state index contributed by atoms with van der Waals surface area (Å²) < 4.78 is 28.7. The van der Waals surface area contributed by atoms with E-state index in [1.54, 1.807) is 8.61 Å².